The Morgan fingerprint density at radius 3 is 2.74 bits per heavy atom. The highest BCUT2D eigenvalue weighted by Gasteiger charge is 2.28. The van der Waals surface area contributed by atoms with Crippen molar-refractivity contribution in [3.05, 3.63) is 18.2 Å². The van der Waals surface area contributed by atoms with E-state index in [1.54, 1.807) is 37.3 Å². The number of methoxy groups -OCH3 is 2. The second-order valence-corrected chi connectivity index (χ2v) is 4.33. The van der Waals surface area contributed by atoms with Crippen LogP contribution >= 0.6 is 0 Å². The Bertz CT molecular complexity index is 464. The third-order valence-corrected chi connectivity index (χ3v) is 3.12. The third-order valence-electron chi connectivity index (χ3n) is 3.12. The van der Waals surface area contributed by atoms with Crippen LogP contribution in [0, 0.1) is 5.92 Å². The molecule has 6 nitrogen and oxygen atoms in total. The molecular weight excluding hydrogens is 248 g/mol. The van der Waals surface area contributed by atoms with Gasteiger partial charge < -0.3 is 19.9 Å². The molecule has 0 aromatic heterocycles. The summed E-state index contributed by atoms with van der Waals surface area (Å²) in [6.45, 7) is 1.40. The molecule has 104 valence electrons. The average Bonchev–Trinajstić information content (AvgIpc) is 2.47. The van der Waals surface area contributed by atoms with E-state index >= 15 is 0 Å². The molecule has 0 radical (unpaired) electrons. The summed E-state index contributed by atoms with van der Waals surface area (Å²) < 4.78 is 15.5. The zero-order chi connectivity index (χ0) is 13.8. The number of ether oxygens (including phenoxy) is 3. The van der Waals surface area contributed by atoms with Crippen LogP contribution in [-0.4, -0.2) is 40.0 Å². The maximum Gasteiger partial charge on any atom is 0.414 e. The van der Waals surface area contributed by atoms with Crippen molar-refractivity contribution in [2.75, 3.05) is 38.8 Å². The van der Waals surface area contributed by atoms with E-state index in [2.05, 4.69) is 0 Å². The largest absolute Gasteiger partial charge is 0.493 e. The lowest BCUT2D eigenvalue weighted by atomic mass is 10.1. The molecule has 1 saturated heterocycles. The highest BCUT2D eigenvalue weighted by Crippen LogP contribution is 2.32. The molecule has 6 heteroatoms. The molecule has 0 spiro atoms. The van der Waals surface area contributed by atoms with Gasteiger partial charge in [0.1, 0.15) is 0 Å². The lowest BCUT2D eigenvalue weighted by Gasteiger charge is -2.31. The Morgan fingerprint density at radius 1 is 1.37 bits per heavy atom. The van der Waals surface area contributed by atoms with Gasteiger partial charge in [0.05, 0.1) is 26.5 Å². The number of anilines is 1. The van der Waals surface area contributed by atoms with Gasteiger partial charge in [-0.05, 0) is 12.1 Å². The van der Waals surface area contributed by atoms with Gasteiger partial charge >= 0.3 is 6.09 Å². The zero-order valence-corrected chi connectivity index (χ0v) is 11.1. The molecule has 0 aliphatic carbocycles. The summed E-state index contributed by atoms with van der Waals surface area (Å²) >= 11 is 0. The number of hydrogen-bond donors (Lipinski definition) is 1. The minimum Gasteiger partial charge on any atom is -0.493 e. The highest BCUT2D eigenvalue weighted by molar-refractivity contribution is 5.88. The molecule has 1 aliphatic rings. The van der Waals surface area contributed by atoms with Crippen molar-refractivity contribution in [3.63, 3.8) is 0 Å². The van der Waals surface area contributed by atoms with Gasteiger partial charge in [0.15, 0.2) is 11.5 Å². The first-order valence-electron chi connectivity index (χ1n) is 6.06. The standard InChI is InChI=1S/C13H18N2O4/c1-17-11-4-3-10(5-12(11)18-2)15-7-9(6-14)8-19-13(15)16/h3-5,9H,6-8,14H2,1-2H3. The monoisotopic (exact) mass is 266 g/mol. The van der Waals surface area contributed by atoms with Gasteiger partial charge in [-0.2, -0.15) is 0 Å². The SMILES string of the molecule is COc1ccc(N2CC(CN)COC2=O)cc1OC. The smallest absolute Gasteiger partial charge is 0.414 e. The molecule has 1 aromatic rings. The van der Waals surface area contributed by atoms with Gasteiger partial charge in [0, 0.05) is 25.1 Å². The molecule has 19 heavy (non-hydrogen) atoms. The van der Waals surface area contributed by atoms with E-state index in [9.17, 15) is 4.79 Å². The van der Waals surface area contributed by atoms with Crippen molar-refractivity contribution in [2.45, 2.75) is 0 Å². The van der Waals surface area contributed by atoms with E-state index in [4.69, 9.17) is 19.9 Å². The molecule has 2 N–H and O–H groups in total. The Hall–Kier alpha value is -1.95. The van der Waals surface area contributed by atoms with Crippen molar-refractivity contribution in [1.82, 2.24) is 0 Å². The minimum atomic E-state index is -0.364. The number of cyclic esters (lactones) is 1. The van der Waals surface area contributed by atoms with Crippen LogP contribution < -0.4 is 20.1 Å². The van der Waals surface area contributed by atoms with Crippen LogP contribution in [0.2, 0.25) is 0 Å². The van der Waals surface area contributed by atoms with Crippen molar-refractivity contribution in [1.29, 1.82) is 0 Å². The molecule has 1 amide bonds. The van der Waals surface area contributed by atoms with Gasteiger partial charge in [-0.3, -0.25) is 4.90 Å². The molecule has 1 aromatic carbocycles. The summed E-state index contributed by atoms with van der Waals surface area (Å²) in [7, 11) is 3.12. The van der Waals surface area contributed by atoms with Crippen LogP contribution in [0.1, 0.15) is 0 Å². The van der Waals surface area contributed by atoms with Crippen molar-refractivity contribution in [3.8, 4) is 11.5 Å². The number of carbonyl (C=O) groups excluding carboxylic acids is 1. The number of carbonyl (C=O) groups is 1. The highest BCUT2D eigenvalue weighted by atomic mass is 16.6. The van der Waals surface area contributed by atoms with Gasteiger partial charge in [-0.25, -0.2) is 4.79 Å². The van der Waals surface area contributed by atoms with E-state index in [0.29, 0.717) is 36.9 Å². The summed E-state index contributed by atoms with van der Waals surface area (Å²) in [5.41, 5.74) is 6.34. The normalized spacial score (nSPS) is 19.0. The van der Waals surface area contributed by atoms with Crippen LogP contribution in [0.15, 0.2) is 18.2 Å². The Kier molecular flexibility index (Phi) is 4.11. The first-order valence-corrected chi connectivity index (χ1v) is 6.06. The number of benzene rings is 1. The topological polar surface area (TPSA) is 74.0 Å². The van der Waals surface area contributed by atoms with Crippen LogP contribution in [-0.2, 0) is 4.74 Å². The number of amides is 1. The molecule has 2 rings (SSSR count). The van der Waals surface area contributed by atoms with E-state index in [1.165, 1.54) is 0 Å². The Morgan fingerprint density at radius 2 is 2.11 bits per heavy atom. The third kappa shape index (κ3) is 2.73. The summed E-state index contributed by atoms with van der Waals surface area (Å²) in [6, 6.07) is 5.30. The average molecular weight is 266 g/mol. The number of hydrogen-bond acceptors (Lipinski definition) is 5. The quantitative estimate of drug-likeness (QED) is 0.887. The van der Waals surface area contributed by atoms with Gasteiger partial charge in [0.25, 0.3) is 0 Å². The summed E-state index contributed by atoms with van der Waals surface area (Å²) in [6.07, 6.45) is -0.364. The lowest BCUT2D eigenvalue weighted by molar-refractivity contribution is 0.117. The Labute approximate surface area is 112 Å². The van der Waals surface area contributed by atoms with Gasteiger partial charge in [-0.15, -0.1) is 0 Å². The second kappa shape index (κ2) is 5.79. The first-order chi connectivity index (χ1) is 9.19. The zero-order valence-electron chi connectivity index (χ0n) is 11.1. The van der Waals surface area contributed by atoms with Crippen molar-refractivity contribution >= 4 is 11.8 Å². The predicted molar refractivity (Wildman–Crippen MR) is 70.8 cm³/mol. The van der Waals surface area contributed by atoms with Crippen molar-refractivity contribution in [2.24, 2.45) is 11.7 Å². The molecule has 1 aliphatic heterocycles. The molecule has 0 saturated carbocycles. The van der Waals surface area contributed by atoms with Crippen LogP contribution in [0.5, 0.6) is 11.5 Å². The first kappa shape index (κ1) is 13.5. The van der Waals surface area contributed by atoms with Crippen LogP contribution in [0.25, 0.3) is 0 Å². The maximum atomic E-state index is 11.8. The van der Waals surface area contributed by atoms with Gasteiger partial charge in [-0.1, -0.05) is 0 Å². The predicted octanol–water partition coefficient (Wildman–Crippen LogP) is 1.24. The fraction of sp³-hybridized carbons (Fsp3) is 0.462. The summed E-state index contributed by atoms with van der Waals surface area (Å²) in [5.74, 6) is 1.33. The molecule has 1 heterocycles. The van der Waals surface area contributed by atoms with Crippen LogP contribution in [0.3, 0.4) is 0 Å². The molecule has 1 unspecified atom stereocenters. The number of nitrogens with two attached hydrogens (primary N) is 1. The van der Waals surface area contributed by atoms with E-state index < -0.39 is 0 Å². The maximum absolute atomic E-state index is 11.8. The lowest BCUT2D eigenvalue weighted by Crippen LogP contribution is -2.45. The fourth-order valence-corrected chi connectivity index (χ4v) is 2.00. The molecule has 1 fully saturated rings. The molecule has 0 bridgehead atoms. The fourth-order valence-electron chi connectivity index (χ4n) is 2.00. The van der Waals surface area contributed by atoms with Gasteiger partial charge in [0.2, 0.25) is 0 Å². The summed E-state index contributed by atoms with van der Waals surface area (Å²) in [4.78, 5) is 13.4. The second-order valence-electron chi connectivity index (χ2n) is 4.33. The van der Waals surface area contributed by atoms with Crippen LogP contribution in [0.4, 0.5) is 10.5 Å². The van der Waals surface area contributed by atoms with E-state index in [1.807, 2.05) is 0 Å². The number of rotatable bonds is 4. The van der Waals surface area contributed by atoms with Crippen molar-refractivity contribution < 1.29 is 19.0 Å². The summed E-state index contributed by atoms with van der Waals surface area (Å²) in [5, 5.41) is 0. The Balaban J connectivity index is 2.27. The number of nitrogens with zero attached hydrogens (tertiary/aromatic N) is 1. The molecule has 1 atom stereocenters. The van der Waals surface area contributed by atoms with E-state index in [-0.39, 0.29) is 12.0 Å². The van der Waals surface area contributed by atoms with E-state index in [0.717, 1.165) is 0 Å². The molecular formula is C13H18N2O4. The minimum absolute atomic E-state index is 0.144.